The van der Waals surface area contributed by atoms with Crippen LogP contribution in [0.5, 0.6) is 0 Å². The minimum absolute atomic E-state index is 0.0668. The van der Waals surface area contributed by atoms with Crippen molar-refractivity contribution in [3.8, 4) is 0 Å². The van der Waals surface area contributed by atoms with Gasteiger partial charge in [0.05, 0.1) is 23.0 Å². The van der Waals surface area contributed by atoms with Crippen LogP contribution in [0.3, 0.4) is 0 Å². The van der Waals surface area contributed by atoms with E-state index in [-0.39, 0.29) is 27.8 Å². The van der Waals surface area contributed by atoms with Crippen molar-refractivity contribution in [3.05, 3.63) is 58.7 Å². The first kappa shape index (κ1) is 14.1. The third-order valence-electron chi connectivity index (χ3n) is 3.49. The van der Waals surface area contributed by atoms with E-state index in [0.29, 0.717) is 0 Å². The number of rotatable bonds is 2. The van der Waals surface area contributed by atoms with Crippen LogP contribution in [-0.4, -0.2) is 15.8 Å². The van der Waals surface area contributed by atoms with Gasteiger partial charge in [-0.25, -0.2) is 18.2 Å². The molecule has 0 spiro atoms. The Labute approximate surface area is 122 Å². The zero-order valence-electron chi connectivity index (χ0n) is 11.4. The van der Waals surface area contributed by atoms with Crippen molar-refractivity contribution in [3.63, 3.8) is 0 Å². The standard InChI is InChI=1S/C15H10F3N3O/c1-6-9(17)5-21-15-11(6)7(4-20-15)14(22)12-8(16)2-3-10(19)13(12)18/h2-5H,19H2,1H3,(H,20,21). The third kappa shape index (κ3) is 1.93. The summed E-state index contributed by atoms with van der Waals surface area (Å²) in [7, 11) is 0. The van der Waals surface area contributed by atoms with E-state index in [1.165, 1.54) is 13.1 Å². The van der Waals surface area contributed by atoms with E-state index in [2.05, 4.69) is 9.97 Å². The fraction of sp³-hybridized carbons (Fsp3) is 0.0667. The highest BCUT2D eigenvalue weighted by Gasteiger charge is 2.24. The summed E-state index contributed by atoms with van der Waals surface area (Å²) in [5.41, 5.74) is 4.61. The summed E-state index contributed by atoms with van der Waals surface area (Å²) < 4.78 is 41.5. The van der Waals surface area contributed by atoms with Crippen molar-refractivity contribution in [1.82, 2.24) is 9.97 Å². The second-order valence-corrected chi connectivity index (χ2v) is 4.81. The first-order valence-corrected chi connectivity index (χ1v) is 6.32. The molecule has 1 aromatic carbocycles. The van der Waals surface area contributed by atoms with Crippen LogP contribution in [0.4, 0.5) is 18.9 Å². The van der Waals surface area contributed by atoms with Crippen molar-refractivity contribution >= 4 is 22.5 Å². The van der Waals surface area contributed by atoms with Gasteiger partial charge in [0, 0.05) is 11.6 Å². The molecular weight excluding hydrogens is 295 g/mol. The lowest BCUT2D eigenvalue weighted by Crippen LogP contribution is -2.09. The number of nitrogens with two attached hydrogens (primary N) is 1. The maximum Gasteiger partial charge on any atom is 0.201 e. The van der Waals surface area contributed by atoms with Gasteiger partial charge < -0.3 is 10.7 Å². The molecule has 0 amide bonds. The number of carbonyl (C=O) groups is 1. The fourth-order valence-corrected chi connectivity index (χ4v) is 2.32. The number of hydrogen-bond donors (Lipinski definition) is 2. The first-order valence-electron chi connectivity index (χ1n) is 6.32. The van der Waals surface area contributed by atoms with E-state index in [9.17, 15) is 18.0 Å². The Kier molecular flexibility index (Phi) is 3.13. The molecule has 0 aliphatic rings. The molecule has 3 N–H and O–H groups in total. The Morgan fingerprint density at radius 1 is 1.23 bits per heavy atom. The molecule has 2 aromatic heterocycles. The van der Waals surface area contributed by atoms with Crippen molar-refractivity contribution in [2.75, 3.05) is 5.73 Å². The van der Waals surface area contributed by atoms with Crippen molar-refractivity contribution in [1.29, 1.82) is 0 Å². The lowest BCUT2D eigenvalue weighted by atomic mass is 9.99. The zero-order chi connectivity index (χ0) is 16.0. The van der Waals surface area contributed by atoms with Crippen molar-refractivity contribution < 1.29 is 18.0 Å². The number of ketones is 1. The molecule has 3 rings (SSSR count). The van der Waals surface area contributed by atoms with E-state index >= 15 is 0 Å². The van der Waals surface area contributed by atoms with Gasteiger partial charge >= 0.3 is 0 Å². The number of hydrogen-bond acceptors (Lipinski definition) is 3. The molecule has 0 fully saturated rings. The molecule has 2 heterocycles. The highest BCUT2D eigenvalue weighted by atomic mass is 19.1. The number of halogens is 3. The number of pyridine rings is 1. The van der Waals surface area contributed by atoms with Gasteiger partial charge in [0.1, 0.15) is 17.3 Å². The predicted molar refractivity (Wildman–Crippen MR) is 75.0 cm³/mol. The number of nitrogen functional groups attached to an aromatic ring is 1. The number of nitrogens with one attached hydrogen (secondary N) is 1. The minimum Gasteiger partial charge on any atom is -0.396 e. The van der Waals surface area contributed by atoms with Gasteiger partial charge in [-0.1, -0.05) is 0 Å². The summed E-state index contributed by atoms with van der Waals surface area (Å²) in [6, 6.07) is 1.94. The van der Waals surface area contributed by atoms with E-state index in [0.717, 1.165) is 18.3 Å². The summed E-state index contributed by atoms with van der Waals surface area (Å²) in [6.07, 6.45) is 2.25. The fourth-order valence-electron chi connectivity index (χ4n) is 2.32. The Morgan fingerprint density at radius 3 is 2.68 bits per heavy atom. The predicted octanol–water partition coefficient (Wildman–Crippen LogP) is 3.10. The molecule has 7 heteroatoms. The van der Waals surface area contributed by atoms with Crippen LogP contribution in [0.1, 0.15) is 21.5 Å². The molecule has 22 heavy (non-hydrogen) atoms. The topological polar surface area (TPSA) is 71.8 Å². The molecule has 0 atom stereocenters. The Morgan fingerprint density at radius 2 is 1.95 bits per heavy atom. The largest absolute Gasteiger partial charge is 0.396 e. The molecule has 0 radical (unpaired) electrons. The van der Waals surface area contributed by atoms with E-state index < -0.39 is 28.8 Å². The average molecular weight is 305 g/mol. The summed E-state index contributed by atoms with van der Waals surface area (Å²) in [5, 5.41) is 0.186. The van der Waals surface area contributed by atoms with Gasteiger partial charge in [-0.05, 0) is 24.6 Å². The highest BCUT2D eigenvalue weighted by molar-refractivity contribution is 6.17. The SMILES string of the molecule is Cc1c(F)cnc2[nH]cc(C(=O)c3c(F)ccc(N)c3F)c12. The van der Waals surface area contributed by atoms with Crippen LogP contribution < -0.4 is 5.73 Å². The summed E-state index contributed by atoms with van der Waals surface area (Å²) in [6.45, 7) is 1.45. The summed E-state index contributed by atoms with van der Waals surface area (Å²) in [4.78, 5) is 19.0. The van der Waals surface area contributed by atoms with Crippen molar-refractivity contribution in [2.45, 2.75) is 6.92 Å². The number of aryl methyl sites for hydroxylation is 1. The van der Waals surface area contributed by atoms with E-state index in [4.69, 9.17) is 5.73 Å². The summed E-state index contributed by atoms with van der Waals surface area (Å²) in [5.74, 6) is -3.71. The monoisotopic (exact) mass is 305 g/mol. The van der Waals surface area contributed by atoms with Crippen LogP contribution in [-0.2, 0) is 0 Å². The molecule has 0 saturated carbocycles. The molecular formula is C15H10F3N3O. The molecule has 0 aliphatic heterocycles. The smallest absolute Gasteiger partial charge is 0.201 e. The number of nitrogens with zero attached hydrogens (tertiary/aromatic N) is 1. The van der Waals surface area contributed by atoms with Crippen LogP contribution in [0.2, 0.25) is 0 Å². The molecule has 4 nitrogen and oxygen atoms in total. The van der Waals surface area contributed by atoms with Gasteiger partial charge in [-0.15, -0.1) is 0 Å². The van der Waals surface area contributed by atoms with Gasteiger partial charge in [0.25, 0.3) is 0 Å². The Bertz CT molecular complexity index is 918. The molecule has 0 unspecified atom stereocenters. The second-order valence-electron chi connectivity index (χ2n) is 4.81. The quantitative estimate of drug-likeness (QED) is 0.564. The Hall–Kier alpha value is -2.83. The molecule has 0 saturated heterocycles. The van der Waals surface area contributed by atoms with E-state index in [1.807, 2.05) is 0 Å². The maximum absolute atomic E-state index is 14.0. The number of anilines is 1. The number of fused-ring (bicyclic) bond motifs is 1. The molecule has 0 aliphatic carbocycles. The molecule has 3 aromatic rings. The van der Waals surface area contributed by atoms with Crippen LogP contribution >= 0.6 is 0 Å². The third-order valence-corrected chi connectivity index (χ3v) is 3.49. The normalized spacial score (nSPS) is 11.1. The van der Waals surface area contributed by atoms with Crippen molar-refractivity contribution in [2.24, 2.45) is 0 Å². The van der Waals surface area contributed by atoms with Crippen LogP contribution in [0, 0.1) is 24.4 Å². The lowest BCUT2D eigenvalue weighted by Gasteiger charge is -2.06. The zero-order valence-corrected chi connectivity index (χ0v) is 11.4. The number of benzene rings is 1. The van der Waals surface area contributed by atoms with Crippen LogP contribution in [0.15, 0.2) is 24.5 Å². The molecule has 0 bridgehead atoms. The number of carbonyl (C=O) groups excluding carboxylic acids is 1. The summed E-state index contributed by atoms with van der Waals surface area (Å²) >= 11 is 0. The first-order chi connectivity index (χ1) is 10.4. The lowest BCUT2D eigenvalue weighted by molar-refractivity contribution is 0.103. The second kappa shape index (κ2) is 4.87. The molecule has 112 valence electrons. The van der Waals surface area contributed by atoms with Gasteiger partial charge in [0.2, 0.25) is 5.78 Å². The van der Waals surface area contributed by atoms with Gasteiger partial charge in [-0.3, -0.25) is 4.79 Å². The number of aromatic amines is 1. The highest BCUT2D eigenvalue weighted by Crippen LogP contribution is 2.27. The maximum atomic E-state index is 14.0. The van der Waals surface area contributed by atoms with Gasteiger partial charge in [0.15, 0.2) is 5.82 Å². The van der Waals surface area contributed by atoms with Gasteiger partial charge in [-0.2, -0.15) is 0 Å². The average Bonchev–Trinajstić information content (AvgIpc) is 2.92. The number of H-pyrrole nitrogens is 1. The Balaban J connectivity index is 2.27. The van der Waals surface area contributed by atoms with Crippen LogP contribution in [0.25, 0.3) is 11.0 Å². The number of aromatic nitrogens is 2. The minimum atomic E-state index is -1.14. The van der Waals surface area contributed by atoms with E-state index in [1.54, 1.807) is 0 Å².